The average molecular weight is 166 g/mol. The van der Waals surface area contributed by atoms with Crippen molar-refractivity contribution in [1.82, 2.24) is 10.2 Å². The summed E-state index contributed by atoms with van der Waals surface area (Å²) in [6.07, 6.45) is 5.29. The van der Waals surface area contributed by atoms with Gasteiger partial charge in [-0.05, 0) is 6.92 Å². The van der Waals surface area contributed by atoms with Gasteiger partial charge in [-0.25, -0.2) is 0 Å². The molecule has 0 spiro atoms. The number of carbonyl (C=O) groups is 1. The van der Waals surface area contributed by atoms with E-state index in [0.29, 0.717) is 6.04 Å². The van der Waals surface area contributed by atoms with Crippen molar-refractivity contribution in [3.63, 3.8) is 0 Å². The van der Waals surface area contributed by atoms with Crippen molar-refractivity contribution in [3.8, 4) is 12.3 Å². The molecule has 1 saturated heterocycles. The maximum atomic E-state index is 11.3. The fourth-order valence-corrected chi connectivity index (χ4v) is 1.36. The fraction of sp³-hybridized carbons (Fsp3) is 0.667. The van der Waals surface area contributed by atoms with E-state index in [2.05, 4.69) is 18.2 Å². The van der Waals surface area contributed by atoms with E-state index in [4.69, 9.17) is 6.42 Å². The third kappa shape index (κ3) is 2.24. The van der Waals surface area contributed by atoms with E-state index in [0.717, 1.165) is 19.6 Å². The van der Waals surface area contributed by atoms with E-state index >= 15 is 0 Å². The molecule has 0 aromatic heterocycles. The lowest BCUT2D eigenvalue weighted by Gasteiger charge is -2.31. The summed E-state index contributed by atoms with van der Waals surface area (Å²) in [7, 11) is 0. The third-order valence-electron chi connectivity index (χ3n) is 1.97. The fourth-order valence-electron chi connectivity index (χ4n) is 1.36. The normalized spacial score (nSPS) is 23.3. The van der Waals surface area contributed by atoms with E-state index in [1.54, 1.807) is 0 Å². The van der Waals surface area contributed by atoms with E-state index < -0.39 is 0 Å². The van der Waals surface area contributed by atoms with Gasteiger partial charge in [-0.2, -0.15) is 0 Å². The van der Waals surface area contributed by atoms with Crippen LogP contribution in [-0.2, 0) is 4.79 Å². The Balaban J connectivity index is 2.41. The van der Waals surface area contributed by atoms with E-state index in [1.807, 2.05) is 4.90 Å². The van der Waals surface area contributed by atoms with Crippen molar-refractivity contribution in [1.29, 1.82) is 0 Å². The summed E-state index contributed by atoms with van der Waals surface area (Å²) >= 11 is 0. The van der Waals surface area contributed by atoms with Gasteiger partial charge in [-0.15, -0.1) is 6.42 Å². The lowest BCUT2D eigenvalue weighted by Crippen LogP contribution is -2.51. The highest BCUT2D eigenvalue weighted by molar-refractivity contribution is 5.78. The smallest absolute Gasteiger partial charge is 0.234 e. The van der Waals surface area contributed by atoms with Gasteiger partial charge in [0.1, 0.15) is 0 Å². The average Bonchev–Trinajstić information content (AvgIpc) is 2.05. The molecule has 0 saturated carbocycles. The molecule has 12 heavy (non-hydrogen) atoms. The topological polar surface area (TPSA) is 32.3 Å². The first-order valence-corrected chi connectivity index (χ1v) is 4.18. The van der Waals surface area contributed by atoms with Gasteiger partial charge >= 0.3 is 0 Å². The zero-order valence-corrected chi connectivity index (χ0v) is 7.34. The molecule has 0 aliphatic carbocycles. The molecular weight excluding hydrogens is 152 g/mol. The summed E-state index contributed by atoms with van der Waals surface area (Å²) in [6.45, 7) is 4.50. The van der Waals surface area contributed by atoms with Crippen LogP contribution in [0.4, 0.5) is 0 Å². The Morgan fingerprint density at radius 2 is 2.58 bits per heavy atom. The van der Waals surface area contributed by atoms with Gasteiger partial charge in [0.2, 0.25) is 5.91 Å². The number of terminal acetylenes is 1. The molecule has 0 unspecified atom stereocenters. The monoisotopic (exact) mass is 166 g/mol. The zero-order chi connectivity index (χ0) is 8.97. The molecule has 1 N–H and O–H groups in total. The molecule has 0 aromatic carbocycles. The summed E-state index contributed by atoms with van der Waals surface area (Å²) in [6, 6.07) is 0.389. The SMILES string of the molecule is C#CCC(=O)N1CCN[C@@H](C)C1. The quantitative estimate of drug-likeness (QED) is 0.548. The number of piperazine rings is 1. The van der Waals surface area contributed by atoms with Crippen molar-refractivity contribution in [3.05, 3.63) is 0 Å². The lowest BCUT2D eigenvalue weighted by molar-refractivity contribution is -0.131. The molecule has 0 radical (unpaired) electrons. The molecular formula is C9H14N2O. The second-order valence-electron chi connectivity index (χ2n) is 3.08. The minimum Gasteiger partial charge on any atom is -0.339 e. The number of nitrogens with zero attached hydrogens (tertiary/aromatic N) is 1. The summed E-state index contributed by atoms with van der Waals surface area (Å²) in [4.78, 5) is 13.1. The van der Waals surface area contributed by atoms with Crippen molar-refractivity contribution in [2.75, 3.05) is 19.6 Å². The summed E-state index contributed by atoms with van der Waals surface area (Å²) in [5.74, 6) is 2.44. The maximum absolute atomic E-state index is 11.3. The molecule has 1 amide bonds. The number of nitrogens with one attached hydrogen (secondary N) is 1. The number of hydrogen-bond acceptors (Lipinski definition) is 2. The molecule has 1 heterocycles. The van der Waals surface area contributed by atoms with Crippen molar-refractivity contribution < 1.29 is 4.79 Å². The number of carbonyl (C=O) groups excluding carboxylic acids is 1. The van der Waals surface area contributed by atoms with E-state index in [1.165, 1.54) is 0 Å². The Hall–Kier alpha value is -1.01. The van der Waals surface area contributed by atoms with Crippen molar-refractivity contribution in [2.24, 2.45) is 0 Å². The Labute approximate surface area is 73.1 Å². The molecule has 1 aliphatic rings. The van der Waals surface area contributed by atoms with Gasteiger partial charge in [0, 0.05) is 25.7 Å². The highest BCUT2D eigenvalue weighted by Crippen LogP contribution is 2.00. The number of hydrogen-bond donors (Lipinski definition) is 1. The van der Waals surface area contributed by atoms with Crippen LogP contribution in [0.2, 0.25) is 0 Å². The highest BCUT2D eigenvalue weighted by atomic mass is 16.2. The van der Waals surface area contributed by atoms with Gasteiger partial charge in [-0.1, -0.05) is 5.92 Å². The van der Waals surface area contributed by atoms with Crippen LogP contribution >= 0.6 is 0 Å². The van der Waals surface area contributed by atoms with Crippen LogP contribution in [0.15, 0.2) is 0 Å². The Bertz CT molecular complexity index is 207. The summed E-state index contributed by atoms with van der Waals surface area (Å²) in [5.41, 5.74) is 0. The first kappa shape index (κ1) is 9.08. The Morgan fingerprint density at radius 3 is 3.17 bits per heavy atom. The highest BCUT2D eigenvalue weighted by Gasteiger charge is 2.18. The second kappa shape index (κ2) is 4.13. The number of amides is 1. The van der Waals surface area contributed by atoms with Gasteiger partial charge in [0.25, 0.3) is 0 Å². The van der Waals surface area contributed by atoms with E-state index in [9.17, 15) is 4.79 Å². The van der Waals surface area contributed by atoms with Crippen molar-refractivity contribution >= 4 is 5.91 Å². The summed E-state index contributed by atoms with van der Waals surface area (Å²) < 4.78 is 0. The largest absolute Gasteiger partial charge is 0.339 e. The van der Waals surface area contributed by atoms with Crippen LogP contribution in [0.5, 0.6) is 0 Å². The van der Waals surface area contributed by atoms with Gasteiger partial charge in [-0.3, -0.25) is 4.79 Å². The number of rotatable bonds is 1. The van der Waals surface area contributed by atoms with Crippen LogP contribution < -0.4 is 5.32 Å². The van der Waals surface area contributed by atoms with Gasteiger partial charge in [0.15, 0.2) is 0 Å². The molecule has 0 bridgehead atoms. The Kier molecular flexibility index (Phi) is 3.12. The molecule has 0 aromatic rings. The van der Waals surface area contributed by atoms with Crippen LogP contribution in [0.25, 0.3) is 0 Å². The first-order chi connectivity index (χ1) is 5.74. The molecule has 3 nitrogen and oxygen atoms in total. The minimum absolute atomic E-state index is 0.0749. The van der Waals surface area contributed by atoms with Crippen LogP contribution in [-0.4, -0.2) is 36.5 Å². The molecule has 1 fully saturated rings. The molecule has 66 valence electrons. The van der Waals surface area contributed by atoms with Gasteiger partial charge in [0.05, 0.1) is 6.42 Å². The van der Waals surface area contributed by atoms with Crippen LogP contribution in [0.3, 0.4) is 0 Å². The first-order valence-electron chi connectivity index (χ1n) is 4.18. The molecule has 1 aliphatic heterocycles. The van der Waals surface area contributed by atoms with E-state index in [-0.39, 0.29) is 12.3 Å². The standard InChI is InChI=1S/C9H14N2O/c1-3-4-9(12)11-6-5-10-8(2)7-11/h1,8,10H,4-7H2,2H3/t8-/m0/s1. The Morgan fingerprint density at radius 1 is 1.83 bits per heavy atom. The molecule has 3 heteroatoms. The van der Waals surface area contributed by atoms with Crippen molar-refractivity contribution in [2.45, 2.75) is 19.4 Å². The molecule has 1 atom stereocenters. The third-order valence-corrected chi connectivity index (χ3v) is 1.97. The van der Waals surface area contributed by atoms with Crippen LogP contribution in [0.1, 0.15) is 13.3 Å². The zero-order valence-electron chi connectivity index (χ0n) is 7.34. The molecule has 1 rings (SSSR count). The predicted molar refractivity (Wildman–Crippen MR) is 47.5 cm³/mol. The predicted octanol–water partition coefficient (Wildman–Crippen LogP) is -0.170. The summed E-state index contributed by atoms with van der Waals surface area (Å²) in [5, 5.41) is 3.26. The second-order valence-corrected chi connectivity index (χ2v) is 3.08. The minimum atomic E-state index is 0.0749. The lowest BCUT2D eigenvalue weighted by atomic mass is 10.2. The van der Waals surface area contributed by atoms with Gasteiger partial charge < -0.3 is 10.2 Å². The maximum Gasteiger partial charge on any atom is 0.234 e. The van der Waals surface area contributed by atoms with Crippen LogP contribution in [0, 0.1) is 12.3 Å².